The molecule has 74 valence electrons. The lowest BCUT2D eigenvalue weighted by atomic mass is 10.2. The number of nitrogens with two attached hydrogens (primary N) is 1. The van der Waals surface area contributed by atoms with Gasteiger partial charge in [0.1, 0.15) is 5.70 Å². The highest BCUT2D eigenvalue weighted by molar-refractivity contribution is 6.22. The Labute approximate surface area is 80.9 Å². The van der Waals surface area contributed by atoms with Crippen LogP contribution in [-0.2, 0) is 14.4 Å². The highest BCUT2D eigenvalue weighted by Crippen LogP contribution is 2.22. The van der Waals surface area contributed by atoms with Crippen molar-refractivity contribution in [2.75, 3.05) is 0 Å². The van der Waals surface area contributed by atoms with Gasteiger partial charge in [-0.05, 0) is 13.8 Å². The predicted molar refractivity (Wildman–Crippen MR) is 48.6 cm³/mol. The van der Waals surface area contributed by atoms with E-state index in [1.165, 1.54) is 13.8 Å². The second-order valence-corrected chi connectivity index (χ2v) is 3.01. The molecule has 5 heteroatoms. The van der Waals surface area contributed by atoms with Gasteiger partial charge in [0.25, 0.3) is 17.7 Å². The SMILES string of the molecule is C=C(C(N)=O)N1C(=O)C(C)=C(C)C1=O. The highest BCUT2D eigenvalue weighted by atomic mass is 16.2. The summed E-state index contributed by atoms with van der Waals surface area (Å²) in [6, 6.07) is 0. The van der Waals surface area contributed by atoms with E-state index in [0.717, 1.165) is 0 Å². The lowest BCUT2D eigenvalue weighted by molar-refractivity contribution is -0.137. The third-order valence-corrected chi connectivity index (χ3v) is 2.16. The molecule has 1 aliphatic heterocycles. The Morgan fingerprint density at radius 3 is 1.86 bits per heavy atom. The van der Waals surface area contributed by atoms with Crippen molar-refractivity contribution in [3.05, 3.63) is 23.4 Å². The molecule has 0 saturated heterocycles. The van der Waals surface area contributed by atoms with Crippen molar-refractivity contribution in [2.24, 2.45) is 5.73 Å². The molecule has 0 radical (unpaired) electrons. The predicted octanol–water partition coefficient (Wildman–Crippen LogP) is -0.309. The first-order chi connectivity index (χ1) is 6.37. The molecular weight excluding hydrogens is 184 g/mol. The van der Waals surface area contributed by atoms with E-state index in [1.807, 2.05) is 0 Å². The Hall–Kier alpha value is -1.91. The minimum atomic E-state index is -0.880. The topological polar surface area (TPSA) is 80.5 Å². The van der Waals surface area contributed by atoms with Crippen LogP contribution in [0.4, 0.5) is 0 Å². The molecule has 0 saturated carbocycles. The molecule has 5 nitrogen and oxygen atoms in total. The molecule has 0 unspecified atom stereocenters. The molecule has 0 aromatic carbocycles. The van der Waals surface area contributed by atoms with Gasteiger partial charge in [-0.15, -0.1) is 0 Å². The molecule has 0 aliphatic carbocycles. The van der Waals surface area contributed by atoms with Crippen LogP contribution >= 0.6 is 0 Å². The van der Waals surface area contributed by atoms with Crippen LogP contribution in [0.5, 0.6) is 0 Å². The number of imide groups is 1. The van der Waals surface area contributed by atoms with E-state index < -0.39 is 17.7 Å². The molecule has 0 aromatic heterocycles. The van der Waals surface area contributed by atoms with E-state index in [4.69, 9.17) is 5.73 Å². The van der Waals surface area contributed by atoms with E-state index in [9.17, 15) is 14.4 Å². The quantitative estimate of drug-likeness (QED) is 0.483. The number of carbonyl (C=O) groups is 3. The summed E-state index contributed by atoms with van der Waals surface area (Å²) in [6.07, 6.45) is 0. The summed E-state index contributed by atoms with van der Waals surface area (Å²) in [5, 5.41) is 0. The molecule has 0 fully saturated rings. The summed E-state index contributed by atoms with van der Waals surface area (Å²) in [5.41, 5.74) is 5.27. The van der Waals surface area contributed by atoms with Crippen molar-refractivity contribution in [3.8, 4) is 0 Å². The van der Waals surface area contributed by atoms with E-state index in [2.05, 4.69) is 6.58 Å². The standard InChI is InChI=1S/C9H10N2O3/c1-4-5(2)9(14)11(8(4)13)6(3)7(10)12/h3H2,1-2H3,(H2,10,12). The van der Waals surface area contributed by atoms with E-state index >= 15 is 0 Å². The number of primary amides is 1. The van der Waals surface area contributed by atoms with Crippen molar-refractivity contribution in [2.45, 2.75) is 13.8 Å². The molecule has 0 atom stereocenters. The fraction of sp³-hybridized carbons (Fsp3) is 0.222. The second-order valence-electron chi connectivity index (χ2n) is 3.01. The molecule has 1 aliphatic rings. The van der Waals surface area contributed by atoms with Gasteiger partial charge in [0.05, 0.1) is 0 Å². The van der Waals surface area contributed by atoms with Crippen LogP contribution in [0.1, 0.15) is 13.8 Å². The van der Waals surface area contributed by atoms with Crippen LogP contribution in [-0.4, -0.2) is 22.6 Å². The van der Waals surface area contributed by atoms with Gasteiger partial charge < -0.3 is 5.73 Å². The smallest absolute Gasteiger partial charge is 0.265 e. The van der Waals surface area contributed by atoms with Gasteiger partial charge in [0.15, 0.2) is 0 Å². The zero-order valence-corrected chi connectivity index (χ0v) is 7.96. The van der Waals surface area contributed by atoms with E-state index in [1.54, 1.807) is 0 Å². The van der Waals surface area contributed by atoms with Crippen molar-refractivity contribution < 1.29 is 14.4 Å². The first-order valence-corrected chi connectivity index (χ1v) is 3.93. The Morgan fingerprint density at radius 2 is 1.57 bits per heavy atom. The summed E-state index contributed by atoms with van der Waals surface area (Å²) in [6.45, 7) is 6.32. The second kappa shape index (κ2) is 3.10. The van der Waals surface area contributed by atoms with E-state index in [0.29, 0.717) is 16.0 Å². The number of hydrogen-bond acceptors (Lipinski definition) is 3. The molecular formula is C9H10N2O3. The molecule has 3 amide bonds. The van der Waals surface area contributed by atoms with Crippen LogP contribution < -0.4 is 5.73 Å². The Morgan fingerprint density at radius 1 is 1.21 bits per heavy atom. The molecule has 0 aromatic rings. The third kappa shape index (κ3) is 1.22. The number of amides is 3. The minimum absolute atomic E-state index is 0.295. The van der Waals surface area contributed by atoms with Crippen LogP contribution in [0.3, 0.4) is 0 Å². The monoisotopic (exact) mass is 194 g/mol. The molecule has 1 heterocycles. The van der Waals surface area contributed by atoms with Gasteiger partial charge in [-0.25, -0.2) is 4.90 Å². The van der Waals surface area contributed by atoms with Gasteiger partial charge in [-0.3, -0.25) is 14.4 Å². The van der Waals surface area contributed by atoms with Gasteiger partial charge in [0, 0.05) is 11.1 Å². The molecule has 0 spiro atoms. The number of hydrogen-bond donors (Lipinski definition) is 1. The molecule has 2 N–H and O–H groups in total. The Bertz CT molecular complexity index is 369. The maximum atomic E-state index is 11.5. The lowest BCUT2D eigenvalue weighted by Gasteiger charge is -2.14. The summed E-state index contributed by atoms with van der Waals surface area (Å²) in [7, 11) is 0. The van der Waals surface area contributed by atoms with Crippen LogP contribution in [0, 0.1) is 0 Å². The zero-order valence-electron chi connectivity index (χ0n) is 7.96. The molecule has 1 rings (SSSR count). The number of nitrogens with zero attached hydrogens (tertiary/aromatic N) is 1. The number of carbonyl (C=O) groups excluding carboxylic acids is 3. The first kappa shape index (κ1) is 10.2. The van der Waals surface area contributed by atoms with Crippen LogP contribution in [0.2, 0.25) is 0 Å². The van der Waals surface area contributed by atoms with Gasteiger partial charge in [-0.2, -0.15) is 0 Å². The zero-order chi connectivity index (χ0) is 11.0. The Kier molecular flexibility index (Phi) is 2.25. The maximum absolute atomic E-state index is 11.5. The molecule has 14 heavy (non-hydrogen) atoms. The van der Waals surface area contributed by atoms with Gasteiger partial charge in [0.2, 0.25) is 0 Å². The average molecular weight is 194 g/mol. The van der Waals surface area contributed by atoms with Crippen molar-refractivity contribution in [3.63, 3.8) is 0 Å². The summed E-state index contributed by atoms with van der Waals surface area (Å²) >= 11 is 0. The van der Waals surface area contributed by atoms with Crippen molar-refractivity contribution in [1.82, 2.24) is 4.90 Å². The van der Waals surface area contributed by atoms with Gasteiger partial charge in [-0.1, -0.05) is 6.58 Å². The third-order valence-electron chi connectivity index (χ3n) is 2.16. The maximum Gasteiger partial charge on any atom is 0.265 e. The van der Waals surface area contributed by atoms with Crippen LogP contribution in [0.15, 0.2) is 23.4 Å². The summed E-state index contributed by atoms with van der Waals surface area (Å²) in [4.78, 5) is 34.4. The van der Waals surface area contributed by atoms with E-state index in [-0.39, 0.29) is 5.70 Å². The largest absolute Gasteiger partial charge is 0.364 e. The minimum Gasteiger partial charge on any atom is -0.364 e. The number of rotatable bonds is 2. The van der Waals surface area contributed by atoms with Gasteiger partial charge >= 0.3 is 0 Å². The Balaban J connectivity index is 3.10. The fourth-order valence-electron chi connectivity index (χ4n) is 1.10. The summed E-state index contributed by atoms with van der Waals surface area (Å²) in [5.74, 6) is -1.94. The normalized spacial score (nSPS) is 16.6. The fourth-order valence-corrected chi connectivity index (χ4v) is 1.10. The average Bonchev–Trinajstić information content (AvgIpc) is 2.30. The summed E-state index contributed by atoms with van der Waals surface area (Å²) < 4.78 is 0. The van der Waals surface area contributed by atoms with Crippen molar-refractivity contribution >= 4 is 17.7 Å². The first-order valence-electron chi connectivity index (χ1n) is 3.93. The lowest BCUT2D eigenvalue weighted by Crippen LogP contribution is -2.36. The highest BCUT2D eigenvalue weighted by Gasteiger charge is 2.36. The van der Waals surface area contributed by atoms with Crippen molar-refractivity contribution in [1.29, 1.82) is 0 Å². The van der Waals surface area contributed by atoms with Crippen LogP contribution in [0.25, 0.3) is 0 Å². The molecule has 0 bridgehead atoms.